The summed E-state index contributed by atoms with van der Waals surface area (Å²) >= 11 is 3.07. The first-order valence-electron chi connectivity index (χ1n) is 6.45. The van der Waals surface area contributed by atoms with Crippen molar-refractivity contribution in [2.24, 2.45) is 12.9 Å². The Morgan fingerprint density at radius 3 is 2.57 bits per heavy atom. The van der Waals surface area contributed by atoms with Crippen molar-refractivity contribution in [1.29, 1.82) is 0 Å². The highest BCUT2D eigenvalue weighted by Crippen LogP contribution is 2.28. The van der Waals surface area contributed by atoms with Gasteiger partial charge in [0.1, 0.15) is 11.6 Å². The van der Waals surface area contributed by atoms with Crippen LogP contribution in [0.3, 0.4) is 0 Å². The van der Waals surface area contributed by atoms with E-state index in [4.69, 9.17) is 5.84 Å². The van der Waals surface area contributed by atoms with Gasteiger partial charge in [-0.15, -0.1) is 0 Å². The zero-order valence-corrected chi connectivity index (χ0v) is 13.6. The van der Waals surface area contributed by atoms with Gasteiger partial charge in [0.2, 0.25) is 0 Å². The van der Waals surface area contributed by atoms with E-state index in [-0.39, 0.29) is 16.5 Å². The van der Waals surface area contributed by atoms with Crippen molar-refractivity contribution in [3.63, 3.8) is 0 Å². The number of hydrazine groups is 1. The molecule has 1 aromatic carbocycles. The van der Waals surface area contributed by atoms with Crippen molar-refractivity contribution in [3.8, 4) is 0 Å². The molecule has 0 aliphatic heterocycles. The van der Waals surface area contributed by atoms with Crippen LogP contribution in [0, 0.1) is 25.5 Å². The van der Waals surface area contributed by atoms with Crippen LogP contribution in [-0.2, 0) is 13.5 Å². The molecular formula is C14H17BrF2N4. The van der Waals surface area contributed by atoms with Crippen LogP contribution in [0.5, 0.6) is 0 Å². The van der Waals surface area contributed by atoms with Gasteiger partial charge in [-0.3, -0.25) is 16.0 Å². The van der Waals surface area contributed by atoms with Crippen molar-refractivity contribution in [2.75, 3.05) is 0 Å². The third-order valence-electron chi connectivity index (χ3n) is 3.66. The lowest BCUT2D eigenvalue weighted by Gasteiger charge is -2.18. The van der Waals surface area contributed by atoms with E-state index in [1.54, 1.807) is 4.68 Å². The third-order valence-corrected chi connectivity index (χ3v) is 4.27. The van der Waals surface area contributed by atoms with Crippen molar-refractivity contribution in [1.82, 2.24) is 15.2 Å². The molecule has 0 saturated heterocycles. The Balaban J connectivity index is 2.43. The number of aryl methyl sites for hydroxylation is 2. The quantitative estimate of drug-likeness (QED) is 0.502. The van der Waals surface area contributed by atoms with Gasteiger partial charge >= 0.3 is 0 Å². The molecule has 1 unspecified atom stereocenters. The van der Waals surface area contributed by atoms with Crippen LogP contribution in [0.4, 0.5) is 8.78 Å². The Kier molecular flexibility index (Phi) is 4.75. The van der Waals surface area contributed by atoms with Crippen molar-refractivity contribution >= 4 is 15.9 Å². The highest BCUT2D eigenvalue weighted by atomic mass is 79.9. The van der Waals surface area contributed by atoms with Crippen LogP contribution in [-0.4, -0.2) is 9.78 Å². The van der Waals surface area contributed by atoms with Crippen LogP contribution in [0.1, 0.15) is 28.6 Å². The van der Waals surface area contributed by atoms with Crippen LogP contribution in [0.15, 0.2) is 16.6 Å². The molecule has 7 heteroatoms. The molecule has 0 aliphatic rings. The van der Waals surface area contributed by atoms with Crippen LogP contribution >= 0.6 is 15.9 Å². The van der Waals surface area contributed by atoms with Gasteiger partial charge in [-0.05, 0) is 48.3 Å². The highest BCUT2D eigenvalue weighted by Gasteiger charge is 2.23. The molecule has 0 saturated carbocycles. The van der Waals surface area contributed by atoms with Crippen molar-refractivity contribution < 1.29 is 8.78 Å². The second-order valence-electron chi connectivity index (χ2n) is 4.95. The highest BCUT2D eigenvalue weighted by molar-refractivity contribution is 9.10. The zero-order valence-electron chi connectivity index (χ0n) is 12.0. The summed E-state index contributed by atoms with van der Waals surface area (Å²) in [5.74, 6) is 4.40. The summed E-state index contributed by atoms with van der Waals surface area (Å²) in [5, 5.41) is 4.31. The normalized spacial score (nSPS) is 12.7. The number of nitrogens with two attached hydrogens (primary N) is 1. The SMILES string of the molecule is Cc1nn(C)c(C)c1C(Cc1c(F)ccc(Br)c1F)NN. The fourth-order valence-corrected chi connectivity index (χ4v) is 2.87. The summed E-state index contributed by atoms with van der Waals surface area (Å²) in [6.45, 7) is 3.74. The molecule has 4 nitrogen and oxygen atoms in total. The second-order valence-corrected chi connectivity index (χ2v) is 5.81. The van der Waals surface area contributed by atoms with Gasteiger partial charge in [0.05, 0.1) is 16.2 Å². The fraction of sp³-hybridized carbons (Fsp3) is 0.357. The summed E-state index contributed by atoms with van der Waals surface area (Å²) in [7, 11) is 1.82. The van der Waals surface area contributed by atoms with Gasteiger partial charge in [-0.2, -0.15) is 5.10 Å². The van der Waals surface area contributed by atoms with Crippen LogP contribution < -0.4 is 11.3 Å². The number of rotatable bonds is 4. The number of halogens is 3. The lowest BCUT2D eigenvalue weighted by atomic mass is 9.97. The average Bonchev–Trinajstić information content (AvgIpc) is 2.69. The Bertz CT molecular complexity index is 669. The molecule has 21 heavy (non-hydrogen) atoms. The molecule has 3 N–H and O–H groups in total. The molecule has 114 valence electrons. The molecule has 1 heterocycles. The van der Waals surface area contributed by atoms with Gasteiger partial charge in [0, 0.05) is 23.9 Å². The summed E-state index contributed by atoms with van der Waals surface area (Å²) < 4.78 is 30.0. The number of hydrogen-bond donors (Lipinski definition) is 2. The molecule has 0 radical (unpaired) electrons. The monoisotopic (exact) mass is 358 g/mol. The smallest absolute Gasteiger partial charge is 0.143 e. The van der Waals surface area contributed by atoms with E-state index in [9.17, 15) is 8.78 Å². The van der Waals surface area contributed by atoms with Crippen molar-refractivity contribution in [2.45, 2.75) is 26.3 Å². The minimum Gasteiger partial charge on any atom is -0.272 e. The van der Waals surface area contributed by atoms with Gasteiger partial charge in [-0.1, -0.05) is 0 Å². The average molecular weight is 359 g/mol. The third kappa shape index (κ3) is 3.00. The zero-order chi connectivity index (χ0) is 15.7. The van der Waals surface area contributed by atoms with E-state index in [0.717, 1.165) is 17.0 Å². The number of nitrogens with zero attached hydrogens (tertiary/aromatic N) is 2. The van der Waals surface area contributed by atoms with Gasteiger partial charge in [-0.25, -0.2) is 8.78 Å². The molecule has 0 fully saturated rings. The Morgan fingerprint density at radius 1 is 1.38 bits per heavy atom. The van der Waals surface area contributed by atoms with Crippen molar-refractivity contribution in [3.05, 3.63) is 50.8 Å². The molecule has 0 aliphatic carbocycles. The molecule has 0 amide bonds. The standard InChI is InChI=1S/C14H17BrF2N4/c1-7-13(8(2)21(3)20-7)12(19-18)6-9-11(16)5-4-10(15)14(9)17/h4-5,12,19H,6,18H2,1-3H3. The molecule has 0 bridgehead atoms. The summed E-state index contributed by atoms with van der Waals surface area (Å²) in [4.78, 5) is 0. The van der Waals surface area contributed by atoms with Gasteiger partial charge in [0.15, 0.2) is 0 Å². The summed E-state index contributed by atoms with van der Waals surface area (Å²) in [5.41, 5.74) is 5.18. The number of hydrogen-bond acceptors (Lipinski definition) is 3. The van der Waals surface area contributed by atoms with Crippen LogP contribution in [0.25, 0.3) is 0 Å². The molecule has 1 atom stereocenters. The molecule has 2 rings (SSSR count). The molecule has 2 aromatic rings. The number of nitrogens with one attached hydrogen (secondary N) is 1. The minimum atomic E-state index is -0.602. The lowest BCUT2D eigenvalue weighted by Crippen LogP contribution is -2.31. The predicted octanol–water partition coefficient (Wildman–Crippen LogP) is 2.82. The maximum absolute atomic E-state index is 14.1. The Labute approximate surface area is 130 Å². The Morgan fingerprint density at radius 2 is 2.05 bits per heavy atom. The molecule has 1 aromatic heterocycles. The fourth-order valence-electron chi connectivity index (χ4n) is 2.50. The first-order chi connectivity index (χ1) is 9.86. The van der Waals surface area contributed by atoms with Gasteiger partial charge < -0.3 is 0 Å². The molecule has 0 spiro atoms. The van der Waals surface area contributed by atoms with Crippen LogP contribution in [0.2, 0.25) is 0 Å². The number of benzene rings is 1. The minimum absolute atomic E-state index is 0.00465. The Hall–Kier alpha value is -1.31. The number of aromatic nitrogens is 2. The predicted molar refractivity (Wildman–Crippen MR) is 80.5 cm³/mol. The van der Waals surface area contributed by atoms with E-state index in [1.807, 2.05) is 20.9 Å². The van der Waals surface area contributed by atoms with E-state index in [1.165, 1.54) is 12.1 Å². The topological polar surface area (TPSA) is 55.9 Å². The van der Waals surface area contributed by atoms with E-state index in [2.05, 4.69) is 26.5 Å². The first-order valence-corrected chi connectivity index (χ1v) is 7.24. The maximum atomic E-state index is 14.1. The van der Waals surface area contributed by atoms with E-state index >= 15 is 0 Å². The summed E-state index contributed by atoms with van der Waals surface area (Å²) in [6.07, 6.45) is 0.0982. The second kappa shape index (κ2) is 6.21. The largest absolute Gasteiger partial charge is 0.272 e. The maximum Gasteiger partial charge on any atom is 0.143 e. The summed E-state index contributed by atoms with van der Waals surface area (Å²) in [6, 6.07) is 2.16. The first kappa shape index (κ1) is 16.1. The molecular weight excluding hydrogens is 342 g/mol. The van der Waals surface area contributed by atoms with E-state index in [0.29, 0.717) is 0 Å². The lowest BCUT2D eigenvalue weighted by molar-refractivity contribution is 0.495. The van der Waals surface area contributed by atoms with E-state index < -0.39 is 17.7 Å². The van der Waals surface area contributed by atoms with Gasteiger partial charge in [0.25, 0.3) is 0 Å².